The van der Waals surface area contributed by atoms with Crippen molar-refractivity contribution in [2.75, 3.05) is 6.61 Å². The fourth-order valence-electron chi connectivity index (χ4n) is 1.66. The fraction of sp³-hybridized carbons (Fsp3) is 0.500. The van der Waals surface area contributed by atoms with E-state index in [1.807, 2.05) is 13.8 Å². The summed E-state index contributed by atoms with van der Waals surface area (Å²) in [5.41, 5.74) is -0.780. The topological polar surface area (TPSA) is 38.7 Å². The molecule has 19 heavy (non-hydrogen) atoms. The van der Waals surface area contributed by atoms with E-state index in [1.165, 1.54) is 0 Å². The van der Waals surface area contributed by atoms with Gasteiger partial charge in [0.2, 0.25) is 0 Å². The van der Waals surface area contributed by atoms with Crippen LogP contribution < -0.4 is 0 Å². The highest BCUT2D eigenvalue weighted by Gasteiger charge is 2.32. The summed E-state index contributed by atoms with van der Waals surface area (Å²) < 4.78 is 59.0. The van der Waals surface area contributed by atoms with Gasteiger partial charge in [0.15, 0.2) is 10.0 Å². The van der Waals surface area contributed by atoms with Crippen molar-refractivity contribution in [3.8, 4) is 0 Å². The second-order valence-electron chi connectivity index (χ2n) is 4.70. The summed E-state index contributed by atoms with van der Waals surface area (Å²) >= 11 is 0. The van der Waals surface area contributed by atoms with Crippen molar-refractivity contribution < 1.29 is 21.6 Å². The molecule has 1 aliphatic rings. The van der Waals surface area contributed by atoms with Crippen molar-refractivity contribution in [2.24, 2.45) is 10.3 Å². The van der Waals surface area contributed by atoms with E-state index in [2.05, 4.69) is 4.36 Å². The molecule has 1 aromatic rings. The lowest BCUT2D eigenvalue weighted by atomic mass is 10.1. The molecule has 2 atom stereocenters. The molecular formula is C12H14F3NO2S. The summed E-state index contributed by atoms with van der Waals surface area (Å²) in [7, 11) is -3.03. The van der Waals surface area contributed by atoms with E-state index in [0.29, 0.717) is 0 Å². The van der Waals surface area contributed by atoms with Crippen LogP contribution in [0.15, 0.2) is 33.5 Å². The lowest BCUT2D eigenvalue weighted by Crippen LogP contribution is -2.13. The zero-order valence-corrected chi connectivity index (χ0v) is 11.3. The molecule has 7 heteroatoms. The molecule has 1 heterocycles. The van der Waals surface area contributed by atoms with Crippen molar-refractivity contribution in [2.45, 2.75) is 31.0 Å². The maximum absolute atomic E-state index is 12.4. The zero-order chi connectivity index (χ0) is 14.3. The van der Waals surface area contributed by atoms with Gasteiger partial charge in [-0.15, -0.1) is 0 Å². The molecule has 0 spiro atoms. The van der Waals surface area contributed by atoms with Crippen LogP contribution in [0.1, 0.15) is 19.4 Å². The molecule has 3 nitrogen and oxygen atoms in total. The molecule has 0 saturated heterocycles. The van der Waals surface area contributed by atoms with Crippen molar-refractivity contribution in [1.82, 2.24) is 0 Å². The van der Waals surface area contributed by atoms with E-state index in [-0.39, 0.29) is 23.5 Å². The molecule has 0 radical (unpaired) electrons. The summed E-state index contributed by atoms with van der Waals surface area (Å²) in [6, 6.07) is 3.93. The van der Waals surface area contributed by atoms with E-state index < -0.39 is 21.7 Å². The number of rotatable bonds is 2. The van der Waals surface area contributed by atoms with Gasteiger partial charge in [0.1, 0.15) is 0 Å². The van der Waals surface area contributed by atoms with Gasteiger partial charge in [-0.25, -0.2) is 8.57 Å². The molecule has 0 bridgehead atoms. The third kappa shape index (κ3) is 2.92. The SMILES string of the molecule is CC(C)[C@@H]1COS(=O)(c2ccc(C(F)(F)F)cc2)=N1. The van der Waals surface area contributed by atoms with Crippen molar-refractivity contribution >= 4 is 10.0 Å². The standard InChI is InChI=1S/C12H14F3NO2S/c1-8(2)11-7-18-19(17,16-11)10-5-3-9(4-6-10)12(13,14)15/h3-6,8,11H,7H2,1-2H3/t11-,19?/m0/s1. The predicted molar refractivity (Wildman–Crippen MR) is 64.9 cm³/mol. The van der Waals surface area contributed by atoms with Crippen LogP contribution in [0.4, 0.5) is 13.2 Å². The Balaban J connectivity index is 2.34. The van der Waals surface area contributed by atoms with Gasteiger partial charge in [-0.05, 0) is 30.2 Å². The quantitative estimate of drug-likeness (QED) is 0.837. The van der Waals surface area contributed by atoms with E-state index in [4.69, 9.17) is 4.18 Å². The highest BCUT2D eigenvalue weighted by Crippen LogP contribution is 2.31. The van der Waals surface area contributed by atoms with Crippen LogP contribution in [0.5, 0.6) is 0 Å². The Bertz CT molecular complexity index is 572. The van der Waals surface area contributed by atoms with E-state index in [1.54, 1.807) is 0 Å². The number of hydrogen-bond donors (Lipinski definition) is 0. The number of hydrogen-bond acceptors (Lipinski definition) is 3. The first-order valence-electron chi connectivity index (χ1n) is 5.80. The lowest BCUT2D eigenvalue weighted by molar-refractivity contribution is -0.137. The largest absolute Gasteiger partial charge is 0.416 e. The maximum Gasteiger partial charge on any atom is 0.416 e. The molecule has 0 aromatic heterocycles. The smallest absolute Gasteiger partial charge is 0.279 e. The first-order chi connectivity index (χ1) is 8.72. The van der Waals surface area contributed by atoms with Gasteiger partial charge in [-0.3, -0.25) is 4.18 Å². The van der Waals surface area contributed by atoms with Crippen molar-refractivity contribution in [3.63, 3.8) is 0 Å². The van der Waals surface area contributed by atoms with Gasteiger partial charge in [-0.2, -0.15) is 13.2 Å². The molecule has 0 fully saturated rings. The van der Waals surface area contributed by atoms with Gasteiger partial charge < -0.3 is 0 Å². The summed E-state index contributed by atoms with van der Waals surface area (Å²) in [6.45, 7) is 4.09. The Kier molecular flexibility index (Phi) is 3.61. The molecule has 2 rings (SSSR count). The molecule has 0 amide bonds. The first kappa shape index (κ1) is 14.3. The average molecular weight is 293 g/mol. The number of nitrogens with zero attached hydrogens (tertiary/aromatic N) is 1. The Morgan fingerprint density at radius 2 is 1.89 bits per heavy atom. The first-order valence-corrected chi connectivity index (χ1v) is 7.24. The van der Waals surface area contributed by atoms with Crippen LogP contribution >= 0.6 is 0 Å². The van der Waals surface area contributed by atoms with Crippen LogP contribution in [-0.4, -0.2) is 16.9 Å². The fourth-order valence-corrected chi connectivity index (χ4v) is 3.44. The third-order valence-corrected chi connectivity index (χ3v) is 4.79. The summed E-state index contributed by atoms with van der Waals surface area (Å²) in [5.74, 6) is 0.178. The Morgan fingerprint density at radius 3 is 2.32 bits per heavy atom. The molecule has 106 valence electrons. The number of benzene rings is 1. The van der Waals surface area contributed by atoms with Crippen molar-refractivity contribution in [1.29, 1.82) is 0 Å². The second kappa shape index (κ2) is 4.79. The minimum atomic E-state index is -4.40. The molecule has 1 aromatic carbocycles. The van der Waals surface area contributed by atoms with Gasteiger partial charge in [0.25, 0.3) is 0 Å². The Morgan fingerprint density at radius 1 is 1.32 bits per heavy atom. The van der Waals surface area contributed by atoms with Gasteiger partial charge in [-0.1, -0.05) is 13.8 Å². The highest BCUT2D eigenvalue weighted by molar-refractivity contribution is 7.89. The highest BCUT2D eigenvalue weighted by atomic mass is 32.2. The van der Waals surface area contributed by atoms with E-state index >= 15 is 0 Å². The zero-order valence-electron chi connectivity index (χ0n) is 10.5. The van der Waals surface area contributed by atoms with Crippen LogP contribution in [0.2, 0.25) is 0 Å². The Labute approximate surface area is 110 Å². The number of alkyl halides is 3. The molecule has 1 aliphatic heterocycles. The van der Waals surface area contributed by atoms with E-state index in [0.717, 1.165) is 24.3 Å². The molecule has 0 N–H and O–H groups in total. The van der Waals surface area contributed by atoms with Gasteiger partial charge in [0.05, 0.1) is 23.1 Å². The predicted octanol–water partition coefficient (Wildman–Crippen LogP) is 3.50. The number of halogens is 3. The molecule has 0 aliphatic carbocycles. The summed E-state index contributed by atoms with van der Waals surface area (Å²) in [4.78, 5) is 0.184. The van der Waals surface area contributed by atoms with Crippen LogP contribution in [0.3, 0.4) is 0 Å². The average Bonchev–Trinajstić information content (AvgIpc) is 2.73. The second-order valence-corrected chi connectivity index (χ2v) is 6.57. The molecule has 0 saturated carbocycles. The van der Waals surface area contributed by atoms with Crippen molar-refractivity contribution in [3.05, 3.63) is 29.8 Å². The third-order valence-electron chi connectivity index (χ3n) is 2.92. The van der Waals surface area contributed by atoms with Gasteiger partial charge in [0, 0.05) is 0 Å². The molecule has 1 unspecified atom stereocenters. The van der Waals surface area contributed by atoms with Crippen LogP contribution in [-0.2, 0) is 20.4 Å². The summed E-state index contributed by atoms with van der Waals surface area (Å²) in [6.07, 6.45) is -4.40. The van der Waals surface area contributed by atoms with Gasteiger partial charge >= 0.3 is 6.18 Å². The summed E-state index contributed by atoms with van der Waals surface area (Å²) in [5, 5.41) is 0. The lowest BCUT2D eigenvalue weighted by Gasteiger charge is -2.08. The van der Waals surface area contributed by atoms with Crippen LogP contribution in [0.25, 0.3) is 0 Å². The minimum absolute atomic E-state index is 0.178. The Hall–Kier alpha value is -1.08. The monoisotopic (exact) mass is 293 g/mol. The van der Waals surface area contributed by atoms with Crippen LogP contribution in [0, 0.1) is 5.92 Å². The minimum Gasteiger partial charge on any atom is -0.279 e. The normalized spacial score (nSPS) is 27.6. The maximum atomic E-state index is 12.4. The molecular weight excluding hydrogens is 279 g/mol. The van der Waals surface area contributed by atoms with E-state index in [9.17, 15) is 17.4 Å².